The normalized spacial score (nSPS) is 13.4. The molecule has 0 saturated heterocycles. The highest BCUT2D eigenvalue weighted by molar-refractivity contribution is 7.81. The van der Waals surface area contributed by atoms with Crippen molar-refractivity contribution in [3.63, 3.8) is 0 Å². The van der Waals surface area contributed by atoms with Gasteiger partial charge in [0.05, 0.1) is 13.2 Å². The Bertz CT molecular complexity index is 316. The van der Waals surface area contributed by atoms with Crippen LogP contribution in [-0.4, -0.2) is 50.4 Å². The summed E-state index contributed by atoms with van der Waals surface area (Å²) in [5, 5.41) is 8.77. The zero-order chi connectivity index (χ0) is 11.4. The fourth-order valence-corrected chi connectivity index (χ4v) is 1.04. The van der Waals surface area contributed by atoms with Crippen LogP contribution in [0.4, 0.5) is 0 Å². The van der Waals surface area contributed by atoms with Gasteiger partial charge in [-0.15, -0.1) is 0 Å². The van der Waals surface area contributed by atoms with E-state index in [2.05, 4.69) is 8.37 Å². The molecule has 0 fully saturated rings. The molecule has 0 bridgehead atoms. The average molecular weight is 252 g/mol. The van der Waals surface area contributed by atoms with Crippen molar-refractivity contribution in [3.8, 4) is 0 Å². The third-order valence-corrected chi connectivity index (χ3v) is 1.69. The molecule has 0 saturated carbocycles. The zero-order valence-corrected chi connectivity index (χ0v) is 8.23. The van der Waals surface area contributed by atoms with E-state index in [-0.39, 0.29) is 0 Å². The van der Waals surface area contributed by atoms with E-state index < -0.39 is 40.1 Å². The Hall–Kier alpha value is -0.300. The molecule has 0 rings (SSSR count). The lowest BCUT2D eigenvalue weighted by atomic mass is 10.4. The zero-order valence-electron chi connectivity index (χ0n) is 6.60. The second-order valence-electron chi connectivity index (χ2n) is 2.08. The molecule has 0 atom stereocenters. The first-order valence-electron chi connectivity index (χ1n) is 3.02. The lowest BCUT2D eigenvalue weighted by molar-refractivity contribution is 0.0584. The van der Waals surface area contributed by atoms with Crippen LogP contribution in [0.2, 0.25) is 0 Å². The van der Waals surface area contributed by atoms with Gasteiger partial charge < -0.3 is 5.11 Å². The first kappa shape index (κ1) is 13.7. The minimum absolute atomic E-state index is 0.894. The molecule has 11 heteroatoms. The van der Waals surface area contributed by atoms with Gasteiger partial charge in [-0.3, -0.25) is 9.11 Å². The third-order valence-electron chi connectivity index (χ3n) is 0.819. The van der Waals surface area contributed by atoms with E-state index in [0.717, 1.165) is 0 Å². The molecule has 86 valence electrons. The molecular formula is C3H8O9S2. The number of hydrogen-bond donors (Lipinski definition) is 3. The summed E-state index contributed by atoms with van der Waals surface area (Å²) < 4.78 is 63.2. The lowest BCUT2D eigenvalue weighted by Gasteiger charge is -2.07. The third kappa shape index (κ3) is 9.79. The van der Waals surface area contributed by atoms with Gasteiger partial charge in [-0.05, 0) is 0 Å². The first-order chi connectivity index (χ1) is 6.10. The summed E-state index contributed by atoms with van der Waals surface area (Å²) in [6.45, 7) is -1.79. The molecule has 0 heterocycles. The summed E-state index contributed by atoms with van der Waals surface area (Å²) in [6.07, 6.45) is -1.63. The Balaban J connectivity index is 3.84. The monoisotopic (exact) mass is 252 g/mol. The molecule has 0 radical (unpaired) electrons. The van der Waals surface area contributed by atoms with Crippen molar-refractivity contribution in [1.82, 2.24) is 0 Å². The van der Waals surface area contributed by atoms with E-state index in [1.54, 1.807) is 0 Å². The highest BCUT2D eigenvalue weighted by Gasteiger charge is 2.14. The van der Waals surface area contributed by atoms with Crippen molar-refractivity contribution in [2.45, 2.75) is 6.10 Å². The molecule has 0 aromatic rings. The molecule has 14 heavy (non-hydrogen) atoms. The van der Waals surface area contributed by atoms with E-state index in [1.165, 1.54) is 0 Å². The summed E-state index contributed by atoms with van der Waals surface area (Å²) in [5.74, 6) is 0. The summed E-state index contributed by atoms with van der Waals surface area (Å²) in [5.41, 5.74) is 0. The van der Waals surface area contributed by atoms with E-state index in [0.29, 0.717) is 0 Å². The SMILES string of the molecule is O=S(=O)(O)OCC(O)COS(=O)(=O)O. The second kappa shape index (κ2) is 4.97. The van der Waals surface area contributed by atoms with E-state index in [4.69, 9.17) is 14.2 Å². The van der Waals surface area contributed by atoms with Crippen molar-refractivity contribution in [1.29, 1.82) is 0 Å². The molecule has 0 aliphatic carbocycles. The Kier molecular flexibility index (Phi) is 4.87. The van der Waals surface area contributed by atoms with Crippen LogP contribution in [0.1, 0.15) is 0 Å². The molecule has 0 aromatic carbocycles. The molecule has 0 spiro atoms. The fraction of sp³-hybridized carbons (Fsp3) is 1.00. The predicted octanol–water partition coefficient (Wildman–Crippen LogP) is -2.01. The highest BCUT2D eigenvalue weighted by Crippen LogP contribution is 1.94. The number of aliphatic hydroxyl groups is 1. The summed E-state index contributed by atoms with van der Waals surface area (Å²) >= 11 is 0. The quantitative estimate of drug-likeness (QED) is 0.456. The molecule has 0 unspecified atom stereocenters. The minimum atomic E-state index is -4.70. The molecule has 0 aliphatic heterocycles. The molecule has 0 aliphatic rings. The summed E-state index contributed by atoms with van der Waals surface area (Å²) in [7, 11) is -9.40. The average Bonchev–Trinajstić information content (AvgIpc) is 1.94. The second-order valence-corrected chi connectivity index (χ2v) is 4.26. The van der Waals surface area contributed by atoms with Crippen molar-refractivity contribution < 1.29 is 39.4 Å². The van der Waals surface area contributed by atoms with Crippen molar-refractivity contribution in [2.24, 2.45) is 0 Å². The van der Waals surface area contributed by atoms with Crippen LogP contribution >= 0.6 is 0 Å². The van der Waals surface area contributed by atoms with Crippen LogP contribution in [-0.2, 0) is 29.2 Å². The van der Waals surface area contributed by atoms with Crippen LogP contribution < -0.4 is 0 Å². The Morgan fingerprint density at radius 1 is 0.929 bits per heavy atom. The Labute approximate surface area is 80.2 Å². The maximum atomic E-state index is 9.95. The minimum Gasteiger partial charge on any atom is -0.388 e. The van der Waals surface area contributed by atoms with Crippen LogP contribution in [0.25, 0.3) is 0 Å². The number of rotatable bonds is 6. The van der Waals surface area contributed by atoms with Crippen LogP contribution in [0.5, 0.6) is 0 Å². The number of hydrogen-bond acceptors (Lipinski definition) is 7. The van der Waals surface area contributed by atoms with Gasteiger partial charge in [-0.2, -0.15) is 16.8 Å². The maximum absolute atomic E-state index is 9.95. The van der Waals surface area contributed by atoms with Crippen LogP contribution in [0.3, 0.4) is 0 Å². The van der Waals surface area contributed by atoms with Crippen molar-refractivity contribution in [3.05, 3.63) is 0 Å². The number of aliphatic hydroxyl groups excluding tert-OH is 1. The van der Waals surface area contributed by atoms with Gasteiger partial charge in [0.15, 0.2) is 0 Å². The van der Waals surface area contributed by atoms with Crippen molar-refractivity contribution in [2.75, 3.05) is 13.2 Å². The van der Waals surface area contributed by atoms with Gasteiger partial charge in [0, 0.05) is 0 Å². The Morgan fingerprint density at radius 3 is 1.43 bits per heavy atom. The largest absolute Gasteiger partial charge is 0.397 e. The van der Waals surface area contributed by atoms with Gasteiger partial charge >= 0.3 is 20.8 Å². The van der Waals surface area contributed by atoms with Gasteiger partial charge in [0.25, 0.3) is 0 Å². The fourth-order valence-electron chi connectivity index (χ4n) is 0.377. The van der Waals surface area contributed by atoms with Crippen LogP contribution in [0, 0.1) is 0 Å². The molecular weight excluding hydrogens is 244 g/mol. The van der Waals surface area contributed by atoms with Gasteiger partial charge in [0.1, 0.15) is 6.10 Å². The van der Waals surface area contributed by atoms with E-state index in [1.807, 2.05) is 0 Å². The highest BCUT2D eigenvalue weighted by atomic mass is 32.3. The van der Waals surface area contributed by atoms with Gasteiger partial charge in [-0.1, -0.05) is 0 Å². The van der Waals surface area contributed by atoms with E-state index >= 15 is 0 Å². The Morgan fingerprint density at radius 2 is 1.21 bits per heavy atom. The van der Waals surface area contributed by atoms with Gasteiger partial charge in [-0.25, -0.2) is 8.37 Å². The molecule has 3 N–H and O–H groups in total. The molecule has 0 aromatic heterocycles. The molecule has 0 amide bonds. The first-order valence-corrected chi connectivity index (χ1v) is 5.75. The van der Waals surface area contributed by atoms with Crippen molar-refractivity contribution >= 4 is 20.8 Å². The maximum Gasteiger partial charge on any atom is 0.397 e. The van der Waals surface area contributed by atoms with E-state index in [9.17, 15) is 16.8 Å². The van der Waals surface area contributed by atoms with Gasteiger partial charge in [0.2, 0.25) is 0 Å². The standard InChI is InChI=1S/C3H8O9S2/c4-3(1-11-13(5,6)7)2-12-14(8,9)10/h3-4H,1-2H2,(H,5,6,7)(H,8,9,10). The topological polar surface area (TPSA) is 147 Å². The summed E-state index contributed by atoms with van der Waals surface area (Å²) in [6, 6.07) is 0. The lowest BCUT2D eigenvalue weighted by Crippen LogP contribution is -2.25. The molecule has 9 nitrogen and oxygen atoms in total. The summed E-state index contributed by atoms with van der Waals surface area (Å²) in [4.78, 5) is 0. The van der Waals surface area contributed by atoms with Crippen LogP contribution in [0.15, 0.2) is 0 Å². The smallest absolute Gasteiger partial charge is 0.388 e. The predicted molar refractivity (Wildman–Crippen MR) is 41.0 cm³/mol.